The zero-order valence-electron chi connectivity index (χ0n) is 10.8. The van der Waals surface area contributed by atoms with E-state index in [9.17, 15) is 4.79 Å². The Balaban J connectivity index is 1.74. The molecule has 21 heavy (non-hydrogen) atoms. The van der Waals surface area contributed by atoms with Crippen molar-refractivity contribution in [1.29, 1.82) is 0 Å². The first-order chi connectivity index (χ1) is 10.2. The van der Waals surface area contributed by atoms with Crippen LogP contribution in [0, 0.1) is 2.88 Å². The topological polar surface area (TPSA) is 54.9 Å². The lowest BCUT2D eigenvalue weighted by atomic mass is 10.2. The molecule has 0 aliphatic rings. The average Bonchev–Trinajstić information content (AvgIpc) is 2.96. The first-order valence-corrected chi connectivity index (χ1v) is 8.11. The van der Waals surface area contributed by atoms with Crippen molar-refractivity contribution in [2.75, 3.05) is 5.32 Å². The predicted octanol–water partition coefficient (Wildman–Crippen LogP) is 4.06. The van der Waals surface area contributed by atoms with Crippen LogP contribution in [0.4, 0.5) is 5.69 Å². The summed E-state index contributed by atoms with van der Waals surface area (Å²) in [6, 6.07) is 11.6. The maximum absolute atomic E-state index is 12.0. The molecule has 0 bridgehead atoms. The van der Waals surface area contributed by atoms with Gasteiger partial charge in [0.1, 0.15) is 0 Å². The number of amides is 1. The number of benzene rings is 1. The van der Waals surface area contributed by atoms with E-state index in [0.717, 1.165) is 8.45 Å². The van der Waals surface area contributed by atoms with E-state index in [2.05, 4.69) is 37.9 Å². The highest BCUT2D eigenvalue weighted by Gasteiger charge is 2.09. The normalized spacial score (nSPS) is 10.3. The van der Waals surface area contributed by atoms with E-state index in [0.29, 0.717) is 17.1 Å². The molecule has 2 heterocycles. The van der Waals surface area contributed by atoms with E-state index in [1.165, 1.54) is 11.3 Å². The van der Waals surface area contributed by atoms with E-state index >= 15 is 0 Å². The molecule has 104 valence electrons. The van der Waals surface area contributed by atoms with Gasteiger partial charge in [-0.25, -0.2) is 9.97 Å². The Hall–Kier alpha value is -1.80. The van der Waals surface area contributed by atoms with Crippen LogP contribution in [0.2, 0.25) is 0 Å². The Morgan fingerprint density at radius 2 is 1.86 bits per heavy atom. The highest BCUT2D eigenvalue weighted by molar-refractivity contribution is 14.1. The highest BCUT2D eigenvalue weighted by atomic mass is 127. The van der Waals surface area contributed by atoms with Crippen molar-refractivity contribution in [1.82, 2.24) is 9.97 Å². The second kappa shape index (κ2) is 6.31. The Morgan fingerprint density at radius 3 is 2.48 bits per heavy atom. The molecular formula is C15H10IN3OS. The lowest BCUT2D eigenvalue weighted by molar-refractivity contribution is 0.102. The first kappa shape index (κ1) is 14.2. The van der Waals surface area contributed by atoms with Crippen LogP contribution in [0.5, 0.6) is 0 Å². The number of rotatable bonds is 3. The summed E-state index contributed by atoms with van der Waals surface area (Å²) in [6.07, 6.45) is 3.23. The van der Waals surface area contributed by atoms with Crippen LogP contribution in [-0.4, -0.2) is 15.9 Å². The molecule has 2 aromatic heterocycles. The molecule has 6 heteroatoms. The molecule has 3 rings (SSSR count). The lowest BCUT2D eigenvalue weighted by Gasteiger charge is -2.04. The van der Waals surface area contributed by atoms with Crippen molar-refractivity contribution in [2.24, 2.45) is 0 Å². The number of aromatic nitrogens is 2. The third-order valence-corrected chi connectivity index (χ3v) is 4.56. The van der Waals surface area contributed by atoms with Gasteiger partial charge >= 0.3 is 0 Å². The lowest BCUT2D eigenvalue weighted by Crippen LogP contribution is -2.11. The van der Waals surface area contributed by atoms with Crippen molar-refractivity contribution in [3.8, 4) is 11.4 Å². The minimum absolute atomic E-state index is 0.148. The van der Waals surface area contributed by atoms with E-state index in [1.807, 2.05) is 41.8 Å². The van der Waals surface area contributed by atoms with Gasteiger partial charge < -0.3 is 5.32 Å². The highest BCUT2D eigenvalue weighted by Crippen LogP contribution is 2.18. The second-order valence-corrected chi connectivity index (χ2v) is 7.06. The molecule has 1 amide bonds. The molecule has 0 spiro atoms. The fourth-order valence-corrected chi connectivity index (χ4v) is 3.09. The summed E-state index contributed by atoms with van der Waals surface area (Å²) in [7, 11) is 0. The third kappa shape index (κ3) is 3.45. The van der Waals surface area contributed by atoms with Crippen molar-refractivity contribution in [2.45, 2.75) is 0 Å². The van der Waals surface area contributed by atoms with Crippen LogP contribution in [0.3, 0.4) is 0 Å². The Morgan fingerprint density at radius 1 is 1.14 bits per heavy atom. The van der Waals surface area contributed by atoms with E-state index in [-0.39, 0.29) is 5.91 Å². The molecule has 3 aromatic rings. The summed E-state index contributed by atoms with van der Waals surface area (Å²) in [6.45, 7) is 0. The molecule has 1 N–H and O–H groups in total. The second-order valence-electron chi connectivity index (χ2n) is 4.25. The molecule has 0 unspecified atom stereocenters. The summed E-state index contributed by atoms with van der Waals surface area (Å²) in [5, 5.41) is 4.62. The number of thiophene rings is 1. The quantitative estimate of drug-likeness (QED) is 0.667. The number of halogens is 1. The summed E-state index contributed by atoms with van der Waals surface area (Å²) in [4.78, 5) is 20.6. The molecular weight excluding hydrogens is 397 g/mol. The van der Waals surface area contributed by atoms with Gasteiger partial charge in [0.05, 0.1) is 26.5 Å². The number of hydrogen-bond donors (Lipinski definition) is 1. The number of nitrogens with zero attached hydrogens (tertiary/aromatic N) is 2. The van der Waals surface area contributed by atoms with E-state index in [1.54, 1.807) is 12.4 Å². The summed E-state index contributed by atoms with van der Waals surface area (Å²) >= 11 is 3.73. The fraction of sp³-hybridized carbons (Fsp3) is 0. The van der Waals surface area contributed by atoms with Gasteiger partial charge in [-0.15, -0.1) is 11.3 Å². The SMILES string of the molecule is O=C(Nc1cnc(-c2ccccc2)nc1)c1csc(I)c1. The van der Waals surface area contributed by atoms with Gasteiger partial charge in [0.25, 0.3) is 5.91 Å². The number of carbonyl (C=O) groups excluding carboxylic acids is 1. The zero-order chi connectivity index (χ0) is 14.7. The molecule has 0 radical (unpaired) electrons. The maximum Gasteiger partial charge on any atom is 0.256 e. The van der Waals surface area contributed by atoms with Gasteiger partial charge in [-0.1, -0.05) is 30.3 Å². The largest absolute Gasteiger partial charge is 0.319 e. The van der Waals surface area contributed by atoms with Crippen LogP contribution in [0.1, 0.15) is 10.4 Å². The van der Waals surface area contributed by atoms with Crippen molar-refractivity contribution in [3.63, 3.8) is 0 Å². The van der Waals surface area contributed by atoms with Crippen LogP contribution in [-0.2, 0) is 0 Å². The summed E-state index contributed by atoms with van der Waals surface area (Å²) in [5.41, 5.74) is 2.18. The summed E-state index contributed by atoms with van der Waals surface area (Å²) < 4.78 is 1.08. The maximum atomic E-state index is 12.0. The Labute approximate surface area is 139 Å². The fourth-order valence-electron chi connectivity index (χ4n) is 1.76. The smallest absolute Gasteiger partial charge is 0.256 e. The number of hydrogen-bond acceptors (Lipinski definition) is 4. The molecule has 0 aliphatic heterocycles. The number of nitrogens with one attached hydrogen (secondary N) is 1. The summed E-state index contributed by atoms with van der Waals surface area (Å²) in [5.74, 6) is 0.490. The molecule has 0 fully saturated rings. The van der Waals surface area contributed by atoms with Crippen LogP contribution >= 0.6 is 33.9 Å². The molecule has 0 saturated heterocycles. The predicted molar refractivity (Wildman–Crippen MR) is 92.5 cm³/mol. The van der Waals surface area contributed by atoms with Crippen molar-refractivity contribution in [3.05, 3.63) is 62.6 Å². The molecule has 4 nitrogen and oxygen atoms in total. The van der Waals surface area contributed by atoms with Gasteiger partial charge in [-0.3, -0.25) is 4.79 Å². The van der Waals surface area contributed by atoms with Crippen LogP contribution in [0.25, 0.3) is 11.4 Å². The average molecular weight is 407 g/mol. The van der Waals surface area contributed by atoms with Crippen LogP contribution in [0.15, 0.2) is 54.2 Å². The first-order valence-electron chi connectivity index (χ1n) is 6.15. The van der Waals surface area contributed by atoms with E-state index in [4.69, 9.17) is 0 Å². The zero-order valence-corrected chi connectivity index (χ0v) is 13.8. The van der Waals surface area contributed by atoms with Gasteiger partial charge in [0.2, 0.25) is 0 Å². The monoisotopic (exact) mass is 407 g/mol. The minimum Gasteiger partial charge on any atom is -0.319 e. The van der Waals surface area contributed by atoms with Gasteiger partial charge in [0.15, 0.2) is 5.82 Å². The Bertz CT molecular complexity index is 756. The Kier molecular flexibility index (Phi) is 4.26. The minimum atomic E-state index is -0.148. The van der Waals surface area contributed by atoms with Gasteiger partial charge in [-0.05, 0) is 28.7 Å². The van der Waals surface area contributed by atoms with Crippen LogP contribution < -0.4 is 5.32 Å². The third-order valence-electron chi connectivity index (χ3n) is 2.77. The van der Waals surface area contributed by atoms with E-state index < -0.39 is 0 Å². The molecule has 1 aromatic carbocycles. The molecule has 0 aliphatic carbocycles. The van der Waals surface area contributed by atoms with Crippen molar-refractivity contribution < 1.29 is 4.79 Å². The van der Waals surface area contributed by atoms with Gasteiger partial charge in [0, 0.05) is 10.9 Å². The van der Waals surface area contributed by atoms with Crippen molar-refractivity contribution >= 4 is 45.5 Å². The van der Waals surface area contributed by atoms with Gasteiger partial charge in [-0.2, -0.15) is 0 Å². The standard InChI is InChI=1S/C15H10IN3OS/c16-13-6-11(9-21-13)15(20)19-12-7-17-14(18-8-12)10-4-2-1-3-5-10/h1-9H,(H,19,20). The molecule has 0 saturated carbocycles. The number of carbonyl (C=O) groups is 1. The molecule has 0 atom stereocenters. The number of anilines is 1.